The van der Waals surface area contributed by atoms with Crippen LogP contribution in [0.3, 0.4) is 0 Å². The molecule has 4 rings (SSSR count). The van der Waals surface area contributed by atoms with Crippen LogP contribution in [0.5, 0.6) is 0 Å². The van der Waals surface area contributed by atoms with E-state index in [1.807, 2.05) is 0 Å². The van der Waals surface area contributed by atoms with Crippen LogP contribution >= 0.6 is 0 Å². The Morgan fingerprint density at radius 1 is 0.607 bits per heavy atom. The minimum atomic E-state index is 0.623. The van der Waals surface area contributed by atoms with E-state index in [0.29, 0.717) is 5.92 Å². The van der Waals surface area contributed by atoms with Gasteiger partial charge in [-0.3, -0.25) is 0 Å². The third kappa shape index (κ3) is 3.87. The second kappa shape index (κ2) is 7.64. The second-order valence-corrected chi connectivity index (χ2v) is 8.41. The Bertz CT molecular complexity index is 1100. The summed E-state index contributed by atoms with van der Waals surface area (Å²) >= 11 is 0. The summed E-state index contributed by atoms with van der Waals surface area (Å²) in [5.74, 6) is 0.623. The molecular formula is C28H28. The zero-order valence-corrected chi connectivity index (χ0v) is 17.3. The lowest BCUT2D eigenvalue weighted by Gasteiger charge is -2.15. The van der Waals surface area contributed by atoms with Gasteiger partial charge in [0.05, 0.1) is 0 Å². The SMILES string of the molecule is Cc1cc(C)cc(-c2cc(CC(C)C)c3cc(-c4ccccc4)ccc3c2)c1. The van der Waals surface area contributed by atoms with Crippen LogP contribution in [0.2, 0.25) is 0 Å². The van der Waals surface area contributed by atoms with E-state index in [1.54, 1.807) is 0 Å². The molecule has 0 radical (unpaired) electrons. The van der Waals surface area contributed by atoms with Gasteiger partial charge in [-0.15, -0.1) is 0 Å². The first-order valence-corrected chi connectivity index (χ1v) is 10.2. The Hall–Kier alpha value is -2.86. The van der Waals surface area contributed by atoms with E-state index in [4.69, 9.17) is 0 Å². The highest BCUT2D eigenvalue weighted by molar-refractivity contribution is 5.93. The molecule has 0 unspecified atom stereocenters. The lowest BCUT2D eigenvalue weighted by Crippen LogP contribution is -1.97. The van der Waals surface area contributed by atoms with E-state index in [1.165, 1.54) is 49.7 Å². The Labute approximate surface area is 168 Å². The van der Waals surface area contributed by atoms with Gasteiger partial charge in [0, 0.05) is 0 Å². The standard InChI is InChI=1S/C28H28/c1-19(2)12-27-17-26(25-14-20(3)13-21(4)15-25)16-24-11-10-23(18-28(24)27)22-8-6-5-7-9-22/h5-11,13-19H,12H2,1-4H3. The molecule has 0 heterocycles. The lowest BCUT2D eigenvalue weighted by atomic mass is 9.90. The summed E-state index contributed by atoms with van der Waals surface area (Å²) < 4.78 is 0. The van der Waals surface area contributed by atoms with Crippen molar-refractivity contribution in [3.05, 3.63) is 95.6 Å². The molecule has 0 spiro atoms. The van der Waals surface area contributed by atoms with Crippen LogP contribution in [0.25, 0.3) is 33.0 Å². The molecule has 0 nitrogen and oxygen atoms in total. The van der Waals surface area contributed by atoms with E-state index < -0.39 is 0 Å². The molecule has 0 N–H and O–H groups in total. The van der Waals surface area contributed by atoms with E-state index in [9.17, 15) is 0 Å². The van der Waals surface area contributed by atoms with E-state index in [2.05, 4.69) is 107 Å². The minimum Gasteiger partial charge on any atom is -0.0625 e. The van der Waals surface area contributed by atoms with Crippen molar-refractivity contribution in [1.29, 1.82) is 0 Å². The van der Waals surface area contributed by atoms with Crippen molar-refractivity contribution in [3.8, 4) is 22.3 Å². The van der Waals surface area contributed by atoms with Crippen molar-refractivity contribution in [2.45, 2.75) is 34.1 Å². The molecule has 0 amide bonds. The largest absolute Gasteiger partial charge is 0.0625 e. The molecule has 0 aliphatic heterocycles. The van der Waals surface area contributed by atoms with E-state index >= 15 is 0 Å². The molecule has 0 aliphatic rings. The summed E-state index contributed by atoms with van der Waals surface area (Å²) in [7, 11) is 0. The molecule has 0 fully saturated rings. The van der Waals surface area contributed by atoms with Crippen molar-refractivity contribution in [3.63, 3.8) is 0 Å². The summed E-state index contributed by atoms with van der Waals surface area (Å²) in [5.41, 5.74) is 9.29. The van der Waals surface area contributed by atoms with Crippen LogP contribution in [-0.2, 0) is 6.42 Å². The van der Waals surface area contributed by atoms with Crippen molar-refractivity contribution >= 4 is 10.8 Å². The number of fused-ring (bicyclic) bond motifs is 1. The van der Waals surface area contributed by atoms with Gasteiger partial charge in [0.2, 0.25) is 0 Å². The topological polar surface area (TPSA) is 0 Å². The maximum absolute atomic E-state index is 2.41. The fourth-order valence-corrected chi connectivity index (χ4v) is 4.16. The molecule has 140 valence electrons. The summed E-state index contributed by atoms with van der Waals surface area (Å²) in [6.45, 7) is 8.96. The number of benzene rings is 4. The first-order valence-electron chi connectivity index (χ1n) is 10.2. The minimum absolute atomic E-state index is 0.623. The molecule has 0 aliphatic carbocycles. The number of hydrogen-bond donors (Lipinski definition) is 0. The molecule has 0 saturated carbocycles. The smallest absolute Gasteiger partial charge is 0.0145 e. The molecule has 4 aromatic carbocycles. The first-order chi connectivity index (χ1) is 13.5. The van der Waals surface area contributed by atoms with Crippen LogP contribution in [0.4, 0.5) is 0 Å². The third-order valence-corrected chi connectivity index (χ3v) is 5.33. The van der Waals surface area contributed by atoms with Gasteiger partial charge in [-0.2, -0.15) is 0 Å². The van der Waals surface area contributed by atoms with Crippen LogP contribution in [0, 0.1) is 19.8 Å². The number of rotatable bonds is 4. The Kier molecular flexibility index (Phi) is 5.05. The highest BCUT2D eigenvalue weighted by Gasteiger charge is 2.10. The molecule has 0 aromatic heterocycles. The van der Waals surface area contributed by atoms with Crippen molar-refractivity contribution < 1.29 is 0 Å². The van der Waals surface area contributed by atoms with Crippen molar-refractivity contribution in [1.82, 2.24) is 0 Å². The van der Waals surface area contributed by atoms with E-state index in [-0.39, 0.29) is 0 Å². The quantitative estimate of drug-likeness (QED) is 0.344. The molecule has 0 heteroatoms. The average molecular weight is 365 g/mol. The predicted octanol–water partition coefficient (Wildman–Crippen LogP) is 7.99. The zero-order chi connectivity index (χ0) is 19.7. The second-order valence-electron chi connectivity index (χ2n) is 8.41. The fourth-order valence-electron chi connectivity index (χ4n) is 4.16. The monoisotopic (exact) mass is 364 g/mol. The van der Waals surface area contributed by atoms with Gasteiger partial charge < -0.3 is 0 Å². The number of aryl methyl sites for hydroxylation is 2. The Morgan fingerprint density at radius 3 is 1.96 bits per heavy atom. The van der Waals surface area contributed by atoms with Gasteiger partial charge in [-0.1, -0.05) is 91.7 Å². The highest BCUT2D eigenvalue weighted by atomic mass is 14.1. The predicted molar refractivity (Wildman–Crippen MR) is 123 cm³/mol. The van der Waals surface area contributed by atoms with Crippen LogP contribution in [0.15, 0.2) is 78.9 Å². The maximum Gasteiger partial charge on any atom is -0.0145 e. The normalized spacial score (nSPS) is 11.3. The van der Waals surface area contributed by atoms with Gasteiger partial charge in [-0.05, 0) is 76.9 Å². The van der Waals surface area contributed by atoms with Gasteiger partial charge in [-0.25, -0.2) is 0 Å². The molecule has 0 atom stereocenters. The van der Waals surface area contributed by atoms with Crippen molar-refractivity contribution in [2.24, 2.45) is 5.92 Å². The summed E-state index contributed by atoms with van der Waals surface area (Å²) in [4.78, 5) is 0. The van der Waals surface area contributed by atoms with Crippen molar-refractivity contribution in [2.75, 3.05) is 0 Å². The molecule has 4 aromatic rings. The van der Waals surface area contributed by atoms with Crippen LogP contribution in [-0.4, -0.2) is 0 Å². The molecule has 0 bridgehead atoms. The summed E-state index contributed by atoms with van der Waals surface area (Å²) in [6, 6.07) is 29.2. The van der Waals surface area contributed by atoms with Crippen LogP contribution in [0.1, 0.15) is 30.5 Å². The Balaban J connectivity index is 1.90. The Morgan fingerprint density at radius 2 is 1.29 bits per heavy atom. The highest BCUT2D eigenvalue weighted by Crippen LogP contribution is 2.33. The molecule has 0 saturated heterocycles. The van der Waals surface area contributed by atoms with Crippen LogP contribution < -0.4 is 0 Å². The first kappa shape index (κ1) is 18.5. The van der Waals surface area contributed by atoms with Gasteiger partial charge in [0.1, 0.15) is 0 Å². The summed E-state index contributed by atoms with van der Waals surface area (Å²) in [6.07, 6.45) is 1.09. The zero-order valence-electron chi connectivity index (χ0n) is 17.3. The van der Waals surface area contributed by atoms with E-state index in [0.717, 1.165) is 6.42 Å². The average Bonchev–Trinajstić information content (AvgIpc) is 2.67. The van der Waals surface area contributed by atoms with Gasteiger partial charge >= 0.3 is 0 Å². The molecular weight excluding hydrogens is 336 g/mol. The van der Waals surface area contributed by atoms with Gasteiger partial charge in [0.25, 0.3) is 0 Å². The summed E-state index contributed by atoms with van der Waals surface area (Å²) in [5, 5.41) is 2.70. The molecule has 28 heavy (non-hydrogen) atoms. The fraction of sp³-hybridized carbons (Fsp3) is 0.214. The number of hydrogen-bond acceptors (Lipinski definition) is 0. The maximum atomic E-state index is 2.41. The third-order valence-electron chi connectivity index (χ3n) is 5.33. The van der Waals surface area contributed by atoms with Gasteiger partial charge in [0.15, 0.2) is 0 Å². The lowest BCUT2D eigenvalue weighted by molar-refractivity contribution is 0.650.